The van der Waals surface area contributed by atoms with Crippen LogP contribution in [-0.4, -0.2) is 42.9 Å². The van der Waals surface area contributed by atoms with Gasteiger partial charge in [0.15, 0.2) is 0 Å². The number of aromatic nitrogens is 5. The fraction of sp³-hybridized carbons (Fsp3) is 0.452. The molecule has 0 amide bonds. The molecule has 2 unspecified atom stereocenters. The molecule has 1 aliphatic carbocycles. The second-order valence-corrected chi connectivity index (χ2v) is 11.5. The van der Waals surface area contributed by atoms with E-state index in [1.165, 1.54) is 17.7 Å². The minimum Gasteiger partial charge on any atom is -0.493 e. The lowest BCUT2D eigenvalue weighted by Gasteiger charge is -2.23. The number of esters is 1. The van der Waals surface area contributed by atoms with Gasteiger partial charge in [-0.15, -0.1) is 0 Å². The van der Waals surface area contributed by atoms with Crippen molar-refractivity contribution in [2.24, 2.45) is 5.92 Å². The number of fused-ring (bicyclic) bond motifs is 2. The molecule has 0 saturated heterocycles. The van der Waals surface area contributed by atoms with E-state index in [1.807, 2.05) is 50.6 Å². The van der Waals surface area contributed by atoms with Crippen LogP contribution < -0.4 is 4.74 Å². The number of aryl methyl sites for hydroxylation is 2. The molecule has 2 atom stereocenters. The van der Waals surface area contributed by atoms with Crippen molar-refractivity contribution < 1.29 is 14.3 Å². The second kappa shape index (κ2) is 11.1. The predicted octanol–water partition coefficient (Wildman–Crippen LogP) is 5.60. The van der Waals surface area contributed by atoms with Gasteiger partial charge in [-0.3, -0.25) is 14.5 Å². The summed E-state index contributed by atoms with van der Waals surface area (Å²) in [5, 5.41) is 5.57. The Morgan fingerprint density at radius 2 is 1.92 bits per heavy atom. The third-order valence-corrected chi connectivity index (χ3v) is 7.03. The zero-order valence-electron chi connectivity index (χ0n) is 23.5. The van der Waals surface area contributed by atoms with Gasteiger partial charge in [0, 0.05) is 41.2 Å². The Morgan fingerprint density at radius 3 is 2.69 bits per heavy atom. The van der Waals surface area contributed by atoms with Crippen molar-refractivity contribution in [1.82, 2.24) is 24.7 Å². The zero-order valence-corrected chi connectivity index (χ0v) is 23.5. The monoisotopic (exact) mass is 527 g/mol. The SMILES string of the molecule is Cc1ncc(C(CC(=O)OC(C)(C)C)n2ncc3cc(OCCc4ccc5c(n4)CC(C)CC5)ccc32)cn1. The van der Waals surface area contributed by atoms with Crippen LogP contribution in [0.3, 0.4) is 0 Å². The number of rotatable bonds is 8. The van der Waals surface area contributed by atoms with E-state index in [-0.39, 0.29) is 12.4 Å². The van der Waals surface area contributed by atoms with Crippen LogP contribution in [0.15, 0.2) is 48.9 Å². The Balaban J connectivity index is 1.31. The lowest BCUT2D eigenvalue weighted by molar-refractivity contribution is -0.155. The van der Waals surface area contributed by atoms with Crippen LogP contribution in [0.4, 0.5) is 0 Å². The fourth-order valence-electron chi connectivity index (χ4n) is 5.06. The summed E-state index contributed by atoms with van der Waals surface area (Å²) in [6.45, 7) is 10.3. The van der Waals surface area contributed by atoms with Crippen LogP contribution in [0.5, 0.6) is 5.75 Å². The first-order chi connectivity index (χ1) is 18.6. The molecular weight excluding hydrogens is 490 g/mol. The molecule has 204 valence electrons. The molecule has 0 aliphatic heterocycles. The first kappa shape index (κ1) is 26.8. The third-order valence-electron chi connectivity index (χ3n) is 7.03. The maximum Gasteiger partial charge on any atom is 0.308 e. The predicted molar refractivity (Wildman–Crippen MR) is 150 cm³/mol. The quantitative estimate of drug-likeness (QED) is 0.276. The number of carbonyl (C=O) groups excluding carboxylic acids is 1. The first-order valence-electron chi connectivity index (χ1n) is 13.7. The van der Waals surface area contributed by atoms with Crippen LogP contribution in [-0.2, 0) is 28.8 Å². The van der Waals surface area contributed by atoms with E-state index in [2.05, 4.69) is 34.1 Å². The summed E-state index contributed by atoms with van der Waals surface area (Å²) in [5.74, 6) is 1.84. The molecule has 0 fully saturated rings. The summed E-state index contributed by atoms with van der Waals surface area (Å²) in [6.07, 6.45) is 9.60. The Hall–Kier alpha value is -3.81. The van der Waals surface area contributed by atoms with E-state index in [1.54, 1.807) is 18.6 Å². The molecule has 3 heterocycles. The van der Waals surface area contributed by atoms with Crippen molar-refractivity contribution >= 4 is 16.9 Å². The Morgan fingerprint density at radius 1 is 1.13 bits per heavy atom. The number of ether oxygens (including phenoxy) is 2. The van der Waals surface area contributed by atoms with E-state index < -0.39 is 11.6 Å². The summed E-state index contributed by atoms with van der Waals surface area (Å²) >= 11 is 0. The van der Waals surface area contributed by atoms with Crippen molar-refractivity contribution in [3.8, 4) is 5.75 Å². The standard InChI is InChI=1S/C31H37N5O3/c1-20-6-7-22-8-9-25(35-27(22)14-20)12-13-38-26-10-11-28-23(15-26)19-34-36(28)29(16-30(37)39-31(3,4)5)24-17-32-21(2)33-18-24/h8-11,15,17-20,29H,6-7,12-14,16H2,1-5H3. The van der Waals surface area contributed by atoms with E-state index in [4.69, 9.17) is 14.5 Å². The molecular formula is C31H37N5O3. The van der Waals surface area contributed by atoms with Gasteiger partial charge in [0.1, 0.15) is 17.2 Å². The summed E-state index contributed by atoms with van der Waals surface area (Å²) in [6, 6.07) is 9.87. The van der Waals surface area contributed by atoms with Gasteiger partial charge in [-0.1, -0.05) is 13.0 Å². The minimum atomic E-state index is -0.573. The van der Waals surface area contributed by atoms with Gasteiger partial charge < -0.3 is 9.47 Å². The number of benzene rings is 1. The van der Waals surface area contributed by atoms with E-state index >= 15 is 0 Å². The number of nitrogens with zero attached hydrogens (tertiary/aromatic N) is 5. The average molecular weight is 528 g/mol. The zero-order chi connectivity index (χ0) is 27.6. The van der Waals surface area contributed by atoms with Crippen LogP contribution in [0.25, 0.3) is 10.9 Å². The number of hydrogen-bond donors (Lipinski definition) is 0. The molecule has 3 aromatic heterocycles. The van der Waals surface area contributed by atoms with Gasteiger partial charge in [0.05, 0.1) is 30.8 Å². The van der Waals surface area contributed by atoms with Gasteiger partial charge in [0.2, 0.25) is 0 Å². The van der Waals surface area contributed by atoms with Crippen LogP contribution in [0.1, 0.15) is 74.9 Å². The summed E-state index contributed by atoms with van der Waals surface area (Å²) in [4.78, 5) is 26.4. The summed E-state index contributed by atoms with van der Waals surface area (Å²) in [7, 11) is 0. The fourth-order valence-corrected chi connectivity index (χ4v) is 5.06. The number of hydrogen-bond acceptors (Lipinski definition) is 7. The molecule has 0 radical (unpaired) electrons. The first-order valence-corrected chi connectivity index (χ1v) is 13.7. The normalized spacial score (nSPS) is 16.1. The maximum absolute atomic E-state index is 12.8. The number of pyridine rings is 1. The molecule has 0 bridgehead atoms. The molecule has 0 spiro atoms. The van der Waals surface area contributed by atoms with Gasteiger partial charge in [-0.25, -0.2) is 9.97 Å². The molecule has 1 aliphatic rings. The Bertz CT molecular complexity index is 1460. The highest BCUT2D eigenvalue weighted by Gasteiger charge is 2.25. The summed E-state index contributed by atoms with van der Waals surface area (Å²) < 4.78 is 13.6. The second-order valence-electron chi connectivity index (χ2n) is 11.5. The van der Waals surface area contributed by atoms with Crippen molar-refractivity contribution in [3.05, 3.63) is 77.3 Å². The molecule has 0 N–H and O–H groups in total. The Labute approximate surface area is 229 Å². The van der Waals surface area contributed by atoms with Crippen molar-refractivity contribution in [2.45, 2.75) is 78.4 Å². The topological polar surface area (TPSA) is 92.0 Å². The van der Waals surface area contributed by atoms with Crippen LogP contribution in [0.2, 0.25) is 0 Å². The molecule has 4 aromatic rings. The highest BCUT2D eigenvalue weighted by Crippen LogP contribution is 2.29. The molecule has 0 saturated carbocycles. The van der Waals surface area contributed by atoms with Crippen LogP contribution in [0, 0.1) is 12.8 Å². The van der Waals surface area contributed by atoms with Gasteiger partial charge in [0.25, 0.3) is 0 Å². The smallest absolute Gasteiger partial charge is 0.308 e. The molecule has 5 rings (SSSR count). The van der Waals surface area contributed by atoms with Crippen LogP contribution >= 0.6 is 0 Å². The van der Waals surface area contributed by atoms with Gasteiger partial charge in [-0.2, -0.15) is 5.10 Å². The summed E-state index contributed by atoms with van der Waals surface area (Å²) in [5.41, 5.74) is 4.83. The lowest BCUT2D eigenvalue weighted by Crippen LogP contribution is -2.26. The maximum atomic E-state index is 12.8. The average Bonchev–Trinajstić information content (AvgIpc) is 3.30. The highest BCUT2D eigenvalue weighted by atomic mass is 16.6. The highest BCUT2D eigenvalue weighted by molar-refractivity contribution is 5.81. The van der Waals surface area contributed by atoms with E-state index in [0.29, 0.717) is 18.3 Å². The van der Waals surface area contributed by atoms with Crippen molar-refractivity contribution in [3.63, 3.8) is 0 Å². The van der Waals surface area contributed by atoms with E-state index in [0.717, 1.165) is 47.2 Å². The minimum absolute atomic E-state index is 0.116. The van der Waals surface area contributed by atoms with Crippen molar-refractivity contribution in [1.29, 1.82) is 0 Å². The van der Waals surface area contributed by atoms with Crippen molar-refractivity contribution in [2.75, 3.05) is 6.61 Å². The molecule has 8 nitrogen and oxygen atoms in total. The lowest BCUT2D eigenvalue weighted by atomic mass is 9.88. The van der Waals surface area contributed by atoms with Gasteiger partial charge in [-0.05, 0) is 82.7 Å². The molecule has 8 heteroatoms. The van der Waals surface area contributed by atoms with Gasteiger partial charge >= 0.3 is 5.97 Å². The van der Waals surface area contributed by atoms with E-state index in [9.17, 15) is 4.79 Å². The Kier molecular flexibility index (Phi) is 7.64. The number of carbonyl (C=O) groups is 1. The molecule has 1 aromatic carbocycles. The largest absolute Gasteiger partial charge is 0.493 e. The molecule has 39 heavy (non-hydrogen) atoms. The third kappa shape index (κ3) is 6.61.